The van der Waals surface area contributed by atoms with Crippen LogP contribution in [0.25, 0.3) is 16.6 Å². The van der Waals surface area contributed by atoms with E-state index in [0.717, 1.165) is 52.2 Å². The maximum absolute atomic E-state index is 6.26. The first-order valence-corrected chi connectivity index (χ1v) is 12.6. The van der Waals surface area contributed by atoms with Gasteiger partial charge in [0.1, 0.15) is 35.9 Å². The molecule has 0 radical (unpaired) electrons. The van der Waals surface area contributed by atoms with Crippen LogP contribution in [0.15, 0.2) is 72.8 Å². The lowest BCUT2D eigenvalue weighted by Gasteiger charge is -2.19. The quantitative estimate of drug-likeness (QED) is 0.412. The monoisotopic (exact) mass is 494 g/mol. The summed E-state index contributed by atoms with van der Waals surface area (Å²) in [6.45, 7) is 1.94. The second-order valence-electron chi connectivity index (χ2n) is 9.20. The van der Waals surface area contributed by atoms with Gasteiger partial charge in [-0.2, -0.15) is 9.67 Å². The summed E-state index contributed by atoms with van der Waals surface area (Å²) in [6, 6.07) is 18.1. The van der Waals surface area contributed by atoms with Gasteiger partial charge < -0.3 is 19.9 Å². The van der Waals surface area contributed by atoms with Gasteiger partial charge in [-0.15, -0.1) is 5.10 Å². The number of nitrogens with zero attached hydrogens (tertiary/aromatic N) is 4. The van der Waals surface area contributed by atoms with E-state index in [4.69, 9.17) is 25.0 Å². The van der Waals surface area contributed by atoms with E-state index in [1.54, 1.807) is 0 Å². The van der Waals surface area contributed by atoms with Crippen molar-refractivity contribution in [2.24, 2.45) is 0 Å². The Kier molecular flexibility index (Phi) is 6.44. The van der Waals surface area contributed by atoms with Crippen molar-refractivity contribution in [3.05, 3.63) is 90.4 Å². The van der Waals surface area contributed by atoms with E-state index in [2.05, 4.69) is 28.4 Å². The molecule has 0 amide bonds. The van der Waals surface area contributed by atoms with E-state index >= 15 is 0 Å². The van der Waals surface area contributed by atoms with Gasteiger partial charge in [-0.25, -0.2) is 0 Å². The molecule has 1 atom stereocenters. The average molecular weight is 495 g/mol. The smallest absolute Gasteiger partial charge is 0.360 e. The highest BCUT2D eigenvalue weighted by molar-refractivity contribution is 5.96. The third-order valence-corrected chi connectivity index (χ3v) is 6.68. The molecule has 0 bridgehead atoms. The number of nitrogens with two attached hydrogens (primary N) is 1. The number of aromatic nitrogens is 4. The van der Waals surface area contributed by atoms with Gasteiger partial charge in [0.25, 0.3) is 0 Å². The summed E-state index contributed by atoms with van der Waals surface area (Å²) in [5.74, 6) is 1.92. The summed E-state index contributed by atoms with van der Waals surface area (Å²) >= 11 is 0. The second-order valence-corrected chi connectivity index (χ2v) is 9.20. The number of fused-ring (bicyclic) bond motifs is 1. The molecular weight excluding hydrogens is 466 g/mol. The van der Waals surface area contributed by atoms with Crippen LogP contribution in [0.2, 0.25) is 0 Å². The van der Waals surface area contributed by atoms with E-state index < -0.39 is 0 Å². The van der Waals surface area contributed by atoms with E-state index in [0.29, 0.717) is 32.1 Å². The second kappa shape index (κ2) is 10.3. The molecule has 1 aliphatic carbocycles. The van der Waals surface area contributed by atoms with Crippen LogP contribution < -0.4 is 20.2 Å². The summed E-state index contributed by atoms with van der Waals surface area (Å²) in [7, 11) is 0. The lowest BCUT2D eigenvalue weighted by molar-refractivity contribution is -0.268. The van der Waals surface area contributed by atoms with E-state index in [-0.39, 0.29) is 12.1 Å². The third kappa shape index (κ3) is 4.99. The first-order valence-electron chi connectivity index (χ1n) is 12.6. The molecule has 186 valence electrons. The number of hydrogen-bond acceptors (Lipinski definition) is 6. The fraction of sp³-hybridized carbons (Fsp3) is 0.276. The molecule has 2 aromatic heterocycles. The van der Waals surface area contributed by atoms with Crippen LogP contribution in [0.3, 0.4) is 0 Å². The third-order valence-electron chi connectivity index (χ3n) is 6.68. The van der Waals surface area contributed by atoms with Crippen molar-refractivity contribution in [3.8, 4) is 11.5 Å². The van der Waals surface area contributed by atoms with Crippen LogP contribution in [0.5, 0.6) is 11.5 Å². The Morgan fingerprint density at radius 2 is 1.92 bits per heavy atom. The standard InChI is InChI=1S/C29H27N5O3/c30-28-26-27(33-34(29(26)32-19-31-28)22-13-15-35-16-14-22)21-9-11-23(12-10-21)37-25-8-4-7-24(17-25)36-18-20-5-2-1-3-6-20/h1-11,17,22-23,30H,12-16,18H2/p+1. The maximum Gasteiger partial charge on any atom is 0.360 e. The SMILES string of the molecule is Nc1nc#[n+]c2c1c(C1=CCC(Oc3cccc(OCc4ccccc4)c3)C=C1)nn2C1CCOCC1. The first-order chi connectivity index (χ1) is 18.2. The Bertz CT molecular complexity index is 1440. The Balaban J connectivity index is 1.16. The van der Waals surface area contributed by atoms with E-state index in [9.17, 15) is 0 Å². The predicted octanol–water partition coefficient (Wildman–Crippen LogP) is 4.13. The van der Waals surface area contributed by atoms with Gasteiger partial charge in [-0.05, 0) is 28.8 Å². The predicted molar refractivity (Wildman–Crippen MR) is 139 cm³/mol. The zero-order valence-electron chi connectivity index (χ0n) is 20.4. The number of benzene rings is 2. The molecule has 0 spiro atoms. The lowest BCUT2D eigenvalue weighted by Crippen LogP contribution is -2.22. The van der Waals surface area contributed by atoms with Crippen molar-refractivity contribution in [2.45, 2.75) is 38.0 Å². The van der Waals surface area contributed by atoms with Crippen LogP contribution in [0, 0.1) is 6.33 Å². The van der Waals surface area contributed by atoms with Gasteiger partial charge in [-0.3, -0.25) is 0 Å². The van der Waals surface area contributed by atoms with E-state index in [1.807, 2.05) is 65.4 Å². The number of hydrogen-bond donors (Lipinski definition) is 1. The number of allylic oxidation sites excluding steroid dienone is 2. The van der Waals surface area contributed by atoms with Crippen molar-refractivity contribution < 1.29 is 19.2 Å². The molecule has 1 aliphatic heterocycles. The molecule has 2 aromatic carbocycles. The minimum absolute atomic E-state index is 0.0982. The summed E-state index contributed by atoms with van der Waals surface area (Å²) in [6.07, 6.45) is 11.3. The van der Waals surface area contributed by atoms with Gasteiger partial charge in [-0.1, -0.05) is 48.6 Å². The van der Waals surface area contributed by atoms with Gasteiger partial charge in [0.15, 0.2) is 5.39 Å². The molecule has 2 N–H and O–H groups in total. The zero-order valence-corrected chi connectivity index (χ0v) is 20.4. The molecule has 1 unspecified atom stereocenters. The summed E-state index contributed by atoms with van der Waals surface area (Å²) in [5, 5.41) is 5.71. The Labute approximate surface area is 215 Å². The highest BCUT2D eigenvalue weighted by atomic mass is 16.5. The normalized spacial score (nSPS) is 17.8. The Morgan fingerprint density at radius 1 is 1.08 bits per heavy atom. The van der Waals surface area contributed by atoms with Crippen LogP contribution in [-0.2, 0) is 11.3 Å². The number of nitrogen functional groups attached to an aromatic ring is 1. The summed E-state index contributed by atoms with van der Waals surface area (Å²) in [5.41, 5.74) is 9.88. The van der Waals surface area contributed by atoms with Crippen molar-refractivity contribution in [1.82, 2.24) is 14.8 Å². The van der Waals surface area contributed by atoms with Crippen LogP contribution in [0.4, 0.5) is 5.82 Å². The molecular formula is C29H28N5O3+. The minimum atomic E-state index is -0.0982. The topological polar surface area (TPSA) is 98.5 Å². The van der Waals surface area contributed by atoms with Crippen molar-refractivity contribution in [2.75, 3.05) is 18.9 Å². The molecule has 2 aliphatic rings. The first kappa shape index (κ1) is 23.1. The van der Waals surface area contributed by atoms with Gasteiger partial charge in [0, 0.05) is 44.1 Å². The summed E-state index contributed by atoms with van der Waals surface area (Å²) < 4.78 is 19.7. The highest BCUT2D eigenvalue weighted by Crippen LogP contribution is 2.33. The Hall–Kier alpha value is -4.35. The molecule has 8 heteroatoms. The van der Waals surface area contributed by atoms with Crippen LogP contribution >= 0.6 is 0 Å². The van der Waals surface area contributed by atoms with E-state index in [1.165, 1.54) is 0 Å². The maximum atomic E-state index is 6.26. The molecule has 1 saturated heterocycles. The van der Waals surface area contributed by atoms with Gasteiger partial charge in [0.05, 0.1) is 0 Å². The fourth-order valence-corrected chi connectivity index (χ4v) is 4.75. The number of rotatable bonds is 7. The van der Waals surface area contributed by atoms with Gasteiger partial charge in [0.2, 0.25) is 5.82 Å². The van der Waals surface area contributed by atoms with Crippen LogP contribution in [-0.4, -0.2) is 34.1 Å². The van der Waals surface area contributed by atoms with Crippen molar-refractivity contribution >= 4 is 22.4 Å². The highest BCUT2D eigenvalue weighted by Gasteiger charge is 2.30. The molecule has 6 rings (SSSR count). The average Bonchev–Trinajstić information content (AvgIpc) is 3.35. The molecule has 0 saturated carbocycles. The lowest BCUT2D eigenvalue weighted by atomic mass is 10.0. The molecule has 3 heterocycles. The summed E-state index contributed by atoms with van der Waals surface area (Å²) in [4.78, 5) is 8.51. The minimum Gasteiger partial charge on any atom is -0.489 e. The van der Waals surface area contributed by atoms with Crippen LogP contribution in [0.1, 0.15) is 36.6 Å². The molecule has 8 nitrogen and oxygen atoms in total. The molecule has 4 aromatic rings. The largest absolute Gasteiger partial charge is 0.489 e. The zero-order chi connectivity index (χ0) is 25.0. The fourth-order valence-electron chi connectivity index (χ4n) is 4.75. The van der Waals surface area contributed by atoms with Gasteiger partial charge >= 0.3 is 12.0 Å². The van der Waals surface area contributed by atoms with Crippen molar-refractivity contribution in [1.29, 1.82) is 0 Å². The Morgan fingerprint density at radius 3 is 2.73 bits per heavy atom. The number of anilines is 1. The number of ether oxygens (including phenoxy) is 3. The molecule has 37 heavy (non-hydrogen) atoms. The molecule has 1 fully saturated rings. The van der Waals surface area contributed by atoms with Crippen molar-refractivity contribution in [3.63, 3.8) is 0 Å².